The normalized spacial score (nSPS) is 16.0. The summed E-state index contributed by atoms with van der Waals surface area (Å²) in [6, 6.07) is 2.66. The summed E-state index contributed by atoms with van der Waals surface area (Å²) in [6.07, 6.45) is -3.57. The number of hydrogen-bond donors (Lipinski definition) is 8. The molecule has 6 atom stereocenters. The van der Waals surface area contributed by atoms with Crippen LogP contribution >= 0.6 is 0 Å². The highest BCUT2D eigenvalue weighted by atomic mass is 16.4. The second-order valence-electron chi connectivity index (χ2n) is 8.08. The van der Waals surface area contributed by atoms with Crippen molar-refractivity contribution < 1.29 is 44.4 Å². The maximum Gasteiger partial charge on any atom is 0.326 e. The van der Waals surface area contributed by atoms with Gasteiger partial charge in [0.2, 0.25) is 17.7 Å². The number of aliphatic hydroxyl groups is 2. The number of carbonyl (C=O) groups is 5. The Bertz CT molecular complexity index is 892. The molecule has 194 valence electrons. The first kappa shape index (κ1) is 29.5. The minimum atomic E-state index is -1.61. The number of carbonyl (C=O) groups excluding carboxylic acids is 3. The average molecular weight is 497 g/mol. The van der Waals surface area contributed by atoms with Gasteiger partial charge in [-0.05, 0) is 25.8 Å². The number of rotatable bonds is 14. The minimum absolute atomic E-state index is 0.0526. The molecule has 3 amide bonds. The molecule has 1 rings (SSSR count). The van der Waals surface area contributed by atoms with Crippen molar-refractivity contribution in [2.75, 3.05) is 0 Å². The van der Waals surface area contributed by atoms with Gasteiger partial charge in [0.15, 0.2) is 0 Å². The van der Waals surface area contributed by atoms with Gasteiger partial charge in [0, 0.05) is 12.8 Å². The summed E-state index contributed by atoms with van der Waals surface area (Å²) in [6.45, 7) is 2.38. The highest BCUT2D eigenvalue weighted by molar-refractivity contribution is 5.94. The third-order valence-corrected chi connectivity index (χ3v) is 5.03. The molecule has 0 saturated carbocycles. The van der Waals surface area contributed by atoms with E-state index in [9.17, 15) is 39.3 Å². The molecule has 0 saturated heterocycles. The van der Waals surface area contributed by atoms with E-state index in [-0.39, 0.29) is 12.8 Å². The molecule has 0 spiro atoms. The van der Waals surface area contributed by atoms with Crippen molar-refractivity contribution >= 4 is 29.7 Å². The van der Waals surface area contributed by atoms with Gasteiger partial charge in [-0.1, -0.05) is 30.3 Å². The van der Waals surface area contributed by atoms with Crippen LogP contribution in [0.4, 0.5) is 0 Å². The summed E-state index contributed by atoms with van der Waals surface area (Å²) < 4.78 is 0. The fourth-order valence-corrected chi connectivity index (χ4v) is 3.04. The van der Waals surface area contributed by atoms with Crippen LogP contribution in [-0.4, -0.2) is 86.5 Å². The van der Waals surface area contributed by atoms with Crippen LogP contribution in [0.2, 0.25) is 0 Å². The van der Waals surface area contributed by atoms with Gasteiger partial charge in [0.05, 0.1) is 18.2 Å². The van der Waals surface area contributed by atoms with E-state index in [1.807, 2.05) is 0 Å². The van der Waals surface area contributed by atoms with E-state index < -0.39 is 72.5 Å². The van der Waals surface area contributed by atoms with Gasteiger partial charge in [0.1, 0.15) is 18.1 Å². The quantitative estimate of drug-likeness (QED) is 0.138. The molecule has 1 aromatic rings. The van der Waals surface area contributed by atoms with Crippen molar-refractivity contribution in [3.05, 3.63) is 35.9 Å². The Balaban J connectivity index is 2.90. The molecule has 0 bridgehead atoms. The maximum absolute atomic E-state index is 12.7. The number of amides is 3. The van der Waals surface area contributed by atoms with Crippen molar-refractivity contribution in [1.29, 1.82) is 0 Å². The third kappa shape index (κ3) is 10.1. The Morgan fingerprint density at radius 1 is 0.829 bits per heavy atom. The van der Waals surface area contributed by atoms with Crippen molar-refractivity contribution in [2.24, 2.45) is 5.73 Å². The Morgan fingerprint density at radius 3 is 1.77 bits per heavy atom. The van der Waals surface area contributed by atoms with Crippen LogP contribution in [0.3, 0.4) is 0 Å². The Hall–Kier alpha value is -3.55. The summed E-state index contributed by atoms with van der Waals surface area (Å²) in [5.41, 5.74) is 6.24. The van der Waals surface area contributed by atoms with E-state index in [1.54, 1.807) is 30.3 Å². The van der Waals surface area contributed by atoms with Crippen LogP contribution in [0.15, 0.2) is 30.3 Å². The Kier molecular flexibility index (Phi) is 11.8. The zero-order chi connectivity index (χ0) is 26.7. The SMILES string of the molecule is CC(O)C(NC(=O)C(N)CCC(=O)O)C(=O)NC(C(=O)NC(Cc1ccccc1)C(=O)O)C(C)O. The second kappa shape index (κ2) is 14.0. The van der Waals surface area contributed by atoms with Crippen LogP contribution in [-0.2, 0) is 30.4 Å². The number of carboxylic acids is 2. The molecule has 0 fully saturated rings. The van der Waals surface area contributed by atoms with Gasteiger partial charge in [-0.3, -0.25) is 19.2 Å². The topological polar surface area (TPSA) is 228 Å². The first-order valence-electron chi connectivity index (χ1n) is 10.8. The molecule has 0 aromatic heterocycles. The van der Waals surface area contributed by atoms with Gasteiger partial charge in [0.25, 0.3) is 0 Å². The molecule has 0 aliphatic rings. The number of aliphatic hydroxyl groups excluding tert-OH is 2. The van der Waals surface area contributed by atoms with E-state index >= 15 is 0 Å². The highest BCUT2D eigenvalue weighted by Crippen LogP contribution is 2.06. The molecule has 13 heteroatoms. The van der Waals surface area contributed by atoms with Crippen molar-refractivity contribution in [3.63, 3.8) is 0 Å². The van der Waals surface area contributed by atoms with E-state index in [4.69, 9.17) is 10.8 Å². The summed E-state index contributed by atoms with van der Waals surface area (Å²) in [5.74, 6) is -5.45. The van der Waals surface area contributed by atoms with Gasteiger partial charge in [-0.25, -0.2) is 4.79 Å². The zero-order valence-corrected chi connectivity index (χ0v) is 19.4. The number of nitrogens with two attached hydrogens (primary N) is 1. The smallest absolute Gasteiger partial charge is 0.326 e. The Labute approximate surface area is 201 Å². The van der Waals surface area contributed by atoms with Crippen molar-refractivity contribution in [3.8, 4) is 0 Å². The zero-order valence-electron chi connectivity index (χ0n) is 19.4. The summed E-state index contributed by atoms with van der Waals surface area (Å²) in [7, 11) is 0. The first-order chi connectivity index (χ1) is 16.3. The summed E-state index contributed by atoms with van der Waals surface area (Å²) in [4.78, 5) is 59.9. The molecular formula is C22H32N4O9. The number of aliphatic carboxylic acids is 2. The summed E-state index contributed by atoms with van der Waals surface area (Å²) in [5, 5.41) is 44.8. The van der Waals surface area contributed by atoms with Crippen LogP contribution in [0.5, 0.6) is 0 Å². The van der Waals surface area contributed by atoms with Gasteiger partial charge >= 0.3 is 11.9 Å². The average Bonchev–Trinajstić information content (AvgIpc) is 2.78. The lowest BCUT2D eigenvalue weighted by Crippen LogP contribution is -2.62. The van der Waals surface area contributed by atoms with Crippen molar-refractivity contribution in [2.45, 2.75) is 69.5 Å². The van der Waals surface area contributed by atoms with E-state index in [0.29, 0.717) is 5.56 Å². The summed E-state index contributed by atoms with van der Waals surface area (Å²) >= 11 is 0. The van der Waals surface area contributed by atoms with E-state index in [1.165, 1.54) is 13.8 Å². The largest absolute Gasteiger partial charge is 0.481 e. The number of hydrogen-bond acceptors (Lipinski definition) is 8. The molecular weight excluding hydrogens is 464 g/mol. The third-order valence-electron chi connectivity index (χ3n) is 5.03. The van der Waals surface area contributed by atoms with Gasteiger partial charge in [-0.15, -0.1) is 0 Å². The molecule has 0 aliphatic heterocycles. The van der Waals surface area contributed by atoms with Crippen molar-refractivity contribution in [1.82, 2.24) is 16.0 Å². The number of nitrogens with one attached hydrogen (secondary N) is 3. The lowest BCUT2D eigenvalue weighted by molar-refractivity contribution is -0.143. The first-order valence-corrected chi connectivity index (χ1v) is 10.8. The number of benzene rings is 1. The van der Waals surface area contributed by atoms with Gasteiger partial charge < -0.3 is 42.1 Å². The molecule has 9 N–H and O–H groups in total. The standard InChI is InChI=1S/C22H32N4O9/c1-11(27)17(20(32)24-15(22(34)35)10-13-6-4-3-5-7-13)26-21(33)18(12(2)28)25-19(31)14(23)8-9-16(29)30/h3-7,11-12,14-15,17-18,27-28H,8-10,23H2,1-2H3,(H,24,32)(H,25,31)(H,26,33)(H,29,30)(H,34,35). The maximum atomic E-state index is 12.7. The van der Waals surface area contributed by atoms with Gasteiger partial charge in [-0.2, -0.15) is 0 Å². The molecule has 35 heavy (non-hydrogen) atoms. The van der Waals surface area contributed by atoms with Crippen LogP contribution in [0.1, 0.15) is 32.3 Å². The Morgan fingerprint density at radius 2 is 1.31 bits per heavy atom. The van der Waals surface area contributed by atoms with E-state index in [2.05, 4.69) is 16.0 Å². The second-order valence-corrected chi connectivity index (χ2v) is 8.08. The number of carboxylic acid groups (broad SMARTS) is 2. The predicted molar refractivity (Wildman–Crippen MR) is 122 cm³/mol. The minimum Gasteiger partial charge on any atom is -0.481 e. The molecule has 0 radical (unpaired) electrons. The van der Waals surface area contributed by atoms with E-state index in [0.717, 1.165) is 0 Å². The molecule has 6 unspecified atom stereocenters. The van der Waals surface area contributed by atoms with Crippen LogP contribution < -0.4 is 21.7 Å². The fourth-order valence-electron chi connectivity index (χ4n) is 3.04. The lowest BCUT2D eigenvalue weighted by Gasteiger charge is -2.27. The monoisotopic (exact) mass is 496 g/mol. The fraction of sp³-hybridized carbons (Fsp3) is 0.500. The predicted octanol–water partition coefficient (Wildman–Crippen LogP) is -2.28. The lowest BCUT2D eigenvalue weighted by atomic mass is 10.0. The van der Waals surface area contributed by atoms with Crippen LogP contribution in [0.25, 0.3) is 0 Å². The highest BCUT2D eigenvalue weighted by Gasteiger charge is 2.34. The van der Waals surface area contributed by atoms with Crippen LogP contribution in [0, 0.1) is 0 Å². The molecule has 13 nitrogen and oxygen atoms in total. The molecule has 0 heterocycles. The molecule has 1 aromatic carbocycles. The molecule has 0 aliphatic carbocycles.